The Hall–Kier alpha value is -2.60. The van der Waals surface area contributed by atoms with E-state index in [1.165, 1.54) is 16.5 Å². The van der Waals surface area contributed by atoms with E-state index >= 15 is 0 Å². The van der Waals surface area contributed by atoms with E-state index in [1.807, 2.05) is 36.0 Å². The maximum atomic E-state index is 12.2. The highest BCUT2D eigenvalue weighted by atomic mass is 16.2. The van der Waals surface area contributed by atoms with Gasteiger partial charge in [0.05, 0.1) is 6.04 Å². The zero-order valence-electron chi connectivity index (χ0n) is 14.6. The van der Waals surface area contributed by atoms with E-state index in [-0.39, 0.29) is 17.9 Å². The summed E-state index contributed by atoms with van der Waals surface area (Å²) in [5.74, 6) is 1.36. The fraction of sp³-hybridized carbons (Fsp3) is 0.368. The molecule has 3 aromatic rings. The van der Waals surface area contributed by atoms with Crippen molar-refractivity contribution in [3.05, 3.63) is 54.2 Å². The van der Waals surface area contributed by atoms with Gasteiger partial charge in [0.1, 0.15) is 5.82 Å². The fourth-order valence-corrected chi connectivity index (χ4v) is 3.87. The SMILES string of the molecule is CN1C(=O)C[C@H](CNCc2cccc3cc[nH]c23)[C@H]1c1nccn1C. The number of nitrogens with one attached hydrogen (secondary N) is 2. The lowest BCUT2D eigenvalue weighted by Gasteiger charge is -2.24. The molecule has 0 unspecified atom stereocenters. The second-order valence-corrected chi connectivity index (χ2v) is 6.80. The average Bonchev–Trinajstić information content (AvgIpc) is 3.29. The number of aromatic nitrogens is 3. The largest absolute Gasteiger partial charge is 0.361 e. The Balaban J connectivity index is 1.47. The third-order valence-corrected chi connectivity index (χ3v) is 5.21. The predicted octanol–water partition coefficient (Wildman–Crippen LogP) is 2.21. The Kier molecular flexibility index (Phi) is 4.05. The van der Waals surface area contributed by atoms with Gasteiger partial charge in [-0.1, -0.05) is 18.2 Å². The second-order valence-electron chi connectivity index (χ2n) is 6.80. The van der Waals surface area contributed by atoms with Gasteiger partial charge in [-0.05, 0) is 17.0 Å². The molecule has 130 valence electrons. The number of hydrogen-bond donors (Lipinski definition) is 2. The van der Waals surface area contributed by atoms with Crippen molar-refractivity contribution in [3.8, 4) is 0 Å². The van der Waals surface area contributed by atoms with Crippen molar-refractivity contribution >= 4 is 16.8 Å². The van der Waals surface area contributed by atoms with Crippen molar-refractivity contribution in [1.29, 1.82) is 0 Å². The van der Waals surface area contributed by atoms with E-state index in [2.05, 4.69) is 39.6 Å². The molecule has 1 saturated heterocycles. The van der Waals surface area contributed by atoms with Crippen LogP contribution < -0.4 is 5.32 Å². The first-order valence-electron chi connectivity index (χ1n) is 8.63. The van der Waals surface area contributed by atoms with Gasteiger partial charge in [-0.25, -0.2) is 4.98 Å². The molecule has 0 spiro atoms. The van der Waals surface area contributed by atoms with Crippen LogP contribution in [0.3, 0.4) is 0 Å². The number of carbonyl (C=O) groups is 1. The summed E-state index contributed by atoms with van der Waals surface area (Å²) < 4.78 is 2.01. The van der Waals surface area contributed by atoms with Crippen molar-refractivity contribution < 1.29 is 4.79 Å². The number of carbonyl (C=O) groups excluding carboxylic acids is 1. The summed E-state index contributed by atoms with van der Waals surface area (Å²) in [5, 5.41) is 4.77. The molecule has 2 N–H and O–H groups in total. The first-order valence-corrected chi connectivity index (χ1v) is 8.63. The number of likely N-dealkylation sites (tertiary alicyclic amines) is 1. The Morgan fingerprint density at radius 3 is 3.00 bits per heavy atom. The number of amides is 1. The van der Waals surface area contributed by atoms with Crippen LogP contribution in [0, 0.1) is 5.92 Å². The highest BCUT2D eigenvalue weighted by Crippen LogP contribution is 2.35. The minimum atomic E-state index is 0.0290. The van der Waals surface area contributed by atoms with E-state index in [1.54, 1.807) is 6.20 Å². The topological polar surface area (TPSA) is 66.0 Å². The van der Waals surface area contributed by atoms with Gasteiger partial charge in [0.25, 0.3) is 0 Å². The molecule has 1 amide bonds. The van der Waals surface area contributed by atoms with Crippen molar-refractivity contribution in [1.82, 2.24) is 24.8 Å². The van der Waals surface area contributed by atoms with Gasteiger partial charge in [-0.15, -0.1) is 0 Å². The number of hydrogen-bond acceptors (Lipinski definition) is 3. The van der Waals surface area contributed by atoms with E-state index < -0.39 is 0 Å². The van der Waals surface area contributed by atoms with Crippen LogP contribution in [0.4, 0.5) is 0 Å². The van der Waals surface area contributed by atoms with Crippen LogP contribution in [0.1, 0.15) is 23.9 Å². The zero-order chi connectivity index (χ0) is 17.4. The van der Waals surface area contributed by atoms with Crippen LogP contribution in [-0.2, 0) is 18.4 Å². The first-order chi connectivity index (χ1) is 12.1. The molecule has 1 aliphatic heterocycles. The highest BCUT2D eigenvalue weighted by molar-refractivity contribution is 5.82. The molecule has 1 fully saturated rings. The van der Waals surface area contributed by atoms with Crippen LogP contribution in [0.5, 0.6) is 0 Å². The normalized spacial score (nSPS) is 20.7. The van der Waals surface area contributed by atoms with Crippen LogP contribution in [0.25, 0.3) is 10.9 Å². The molecule has 2 atom stereocenters. The molecular formula is C19H23N5O. The Morgan fingerprint density at radius 2 is 2.20 bits per heavy atom. The second kappa shape index (κ2) is 6.37. The van der Waals surface area contributed by atoms with Crippen LogP contribution >= 0.6 is 0 Å². The number of fused-ring (bicyclic) bond motifs is 1. The quantitative estimate of drug-likeness (QED) is 0.750. The van der Waals surface area contributed by atoms with Gasteiger partial charge >= 0.3 is 0 Å². The molecule has 0 saturated carbocycles. The lowest BCUT2D eigenvalue weighted by atomic mass is 9.99. The lowest BCUT2D eigenvalue weighted by molar-refractivity contribution is -0.127. The van der Waals surface area contributed by atoms with Crippen LogP contribution in [-0.4, -0.2) is 38.9 Å². The Labute approximate surface area is 146 Å². The minimum Gasteiger partial charge on any atom is -0.361 e. The lowest BCUT2D eigenvalue weighted by Crippen LogP contribution is -2.30. The van der Waals surface area contributed by atoms with Crippen molar-refractivity contribution in [2.75, 3.05) is 13.6 Å². The summed E-state index contributed by atoms with van der Waals surface area (Å²) >= 11 is 0. The number of imidazole rings is 1. The summed E-state index contributed by atoms with van der Waals surface area (Å²) in [4.78, 5) is 21.8. The number of H-pyrrole nitrogens is 1. The summed E-state index contributed by atoms with van der Waals surface area (Å²) in [6, 6.07) is 8.43. The summed E-state index contributed by atoms with van der Waals surface area (Å²) in [5.41, 5.74) is 2.42. The first kappa shape index (κ1) is 15.9. The van der Waals surface area contributed by atoms with Crippen LogP contribution in [0.15, 0.2) is 42.9 Å². The number of aryl methyl sites for hydroxylation is 1. The number of aromatic amines is 1. The van der Waals surface area contributed by atoms with Gasteiger partial charge in [0.15, 0.2) is 0 Å². The average molecular weight is 337 g/mol. The summed E-state index contributed by atoms with van der Waals surface area (Å²) in [6.07, 6.45) is 6.26. The smallest absolute Gasteiger partial charge is 0.223 e. The third kappa shape index (κ3) is 2.82. The van der Waals surface area contributed by atoms with E-state index in [0.717, 1.165) is 18.9 Å². The third-order valence-electron chi connectivity index (χ3n) is 5.21. The molecule has 2 aromatic heterocycles. The maximum Gasteiger partial charge on any atom is 0.223 e. The molecular weight excluding hydrogens is 314 g/mol. The van der Waals surface area contributed by atoms with E-state index in [0.29, 0.717) is 6.42 Å². The standard InChI is InChI=1S/C19H23N5O/c1-23-9-8-22-19(23)18-15(10-16(25)24(18)2)12-20-11-14-5-3-4-13-6-7-21-17(13)14/h3-9,15,18,20-21H,10-12H2,1-2H3/t15-,18+/m1/s1. The molecule has 1 aliphatic rings. The molecule has 25 heavy (non-hydrogen) atoms. The number of benzene rings is 1. The molecule has 4 rings (SSSR count). The Bertz CT molecular complexity index is 896. The number of para-hydroxylation sites is 1. The summed E-state index contributed by atoms with van der Waals surface area (Å²) in [6.45, 7) is 1.56. The van der Waals surface area contributed by atoms with Crippen molar-refractivity contribution in [2.24, 2.45) is 13.0 Å². The fourth-order valence-electron chi connectivity index (χ4n) is 3.87. The molecule has 0 aliphatic carbocycles. The molecule has 3 heterocycles. The zero-order valence-corrected chi connectivity index (χ0v) is 14.6. The van der Waals surface area contributed by atoms with Crippen molar-refractivity contribution in [2.45, 2.75) is 19.0 Å². The van der Waals surface area contributed by atoms with Gasteiger partial charge in [-0.3, -0.25) is 4.79 Å². The maximum absolute atomic E-state index is 12.2. The van der Waals surface area contributed by atoms with Crippen molar-refractivity contribution in [3.63, 3.8) is 0 Å². The molecule has 0 radical (unpaired) electrons. The minimum absolute atomic E-state index is 0.0290. The molecule has 1 aromatic carbocycles. The van der Waals surface area contributed by atoms with E-state index in [9.17, 15) is 4.79 Å². The number of nitrogens with zero attached hydrogens (tertiary/aromatic N) is 3. The van der Waals surface area contributed by atoms with Gasteiger partial charge < -0.3 is 19.8 Å². The predicted molar refractivity (Wildman–Crippen MR) is 96.8 cm³/mol. The highest BCUT2D eigenvalue weighted by Gasteiger charge is 2.40. The van der Waals surface area contributed by atoms with Crippen LogP contribution in [0.2, 0.25) is 0 Å². The Morgan fingerprint density at radius 1 is 1.32 bits per heavy atom. The number of rotatable bonds is 5. The molecule has 6 heteroatoms. The molecule has 0 bridgehead atoms. The van der Waals surface area contributed by atoms with Gasteiger partial charge in [0, 0.05) is 63.6 Å². The molecule has 6 nitrogen and oxygen atoms in total. The van der Waals surface area contributed by atoms with E-state index in [4.69, 9.17) is 0 Å². The summed E-state index contributed by atoms with van der Waals surface area (Å²) in [7, 11) is 3.86. The van der Waals surface area contributed by atoms with Gasteiger partial charge in [-0.2, -0.15) is 0 Å². The monoisotopic (exact) mass is 337 g/mol. The van der Waals surface area contributed by atoms with Gasteiger partial charge in [0.2, 0.25) is 5.91 Å².